The zero-order valence-electron chi connectivity index (χ0n) is 16.0. The number of carbonyl (C=O) groups excluding carboxylic acids is 1. The fraction of sp³-hybridized carbons (Fsp3) is 0.304. The van der Waals surface area contributed by atoms with Crippen LogP contribution in [0.5, 0.6) is 0 Å². The van der Waals surface area contributed by atoms with Crippen LogP contribution in [0.3, 0.4) is 0 Å². The Bertz CT molecular complexity index is 979. The monoisotopic (exact) mass is 377 g/mol. The minimum atomic E-state index is -0.277. The maximum Gasteiger partial charge on any atom is 0.223 e. The van der Waals surface area contributed by atoms with E-state index in [1.165, 1.54) is 17.7 Å². The van der Waals surface area contributed by atoms with Crippen molar-refractivity contribution >= 4 is 22.5 Å². The van der Waals surface area contributed by atoms with Gasteiger partial charge in [0.2, 0.25) is 5.91 Å². The van der Waals surface area contributed by atoms with Gasteiger partial charge in [-0.3, -0.25) is 9.78 Å². The zero-order valence-corrected chi connectivity index (χ0v) is 16.0. The van der Waals surface area contributed by atoms with E-state index in [0.717, 1.165) is 42.6 Å². The SMILES string of the molecule is Cc1ccc(CNC(=O)C2CCN(c3ccnc4cc(F)ccc34)CC2)cc1. The Morgan fingerprint density at radius 3 is 2.64 bits per heavy atom. The minimum absolute atomic E-state index is 0.0345. The third-order valence-electron chi connectivity index (χ3n) is 5.48. The molecule has 4 rings (SSSR count). The first kappa shape index (κ1) is 18.4. The molecule has 0 spiro atoms. The van der Waals surface area contributed by atoms with Crippen molar-refractivity contribution in [1.82, 2.24) is 10.3 Å². The normalized spacial score (nSPS) is 15.0. The lowest BCUT2D eigenvalue weighted by Gasteiger charge is -2.33. The van der Waals surface area contributed by atoms with Crippen LogP contribution in [0.2, 0.25) is 0 Å². The Balaban J connectivity index is 1.37. The highest BCUT2D eigenvalue weighted by Crippen LogP contribution is 2.29. The summed E-state index contributed by atoms with van der Waals surface area (Å²) in [6.45, 7) is 4.23. The Morgan fingerprint density at radius 1 is 1.14 bits per heavy atom. The second kappa shape index (κ2) is 7.97. The lowest BCUT2D eigenvalue weighted by Crippen LogP contribution is -2.40. The molecule has 0 atom stereocenters. The van der Waals surface area contributed by atoms with E-state index >= 15 is 0 Å². The molecule has 0 unspecified atom stereocenters. The number of pyridine rings is 1. The van der Waals surface area contributed by atoms with Gasteiger partial charge >= 0.3 is 0 Å². The molecular weight excluding hydrogens is 353 g/mol. The molecule has 0 aliphatic carbocycles. The summed E-state index contributed by atoms with van der Waals surface area (Å²) >= 11 is 0. The molecule has 1 aliphatic heterocycles. The Hall–Kier alpha value is -2.95. The van der Waals surface area contributed by atoms with E-state index in [0.29, 0.717) is 12.1 Å². The highest BCUT2D eigenvalue weighted by atomic mass is 19.1. The van der Waals surface area contributed by atoms with E-state index in [-0.39, 0.29) is 17.6 Å². The number of anilines is 1. The molecule has 5 heteroatoms. The van der Waals surface area contributed by atoms with E-state index in [2.05, 4.69) is 46.4 Å². The number of hydrogen-bond acceptors (Lipinski definition) is 3. The molecule has 1 aliphatic rings. The van der Waals surface area contributed by atoms with Crippen LogP contribution < -0.4 is 10.2 Å². The van der Waals surface area contributed by atoms with Gasteiger partial charge in [0.05, 0.1) is 5.52 Å². The Kier molecular flexibility index (Phi) is 5.24. The molecule has 1 amide bonds. The van der Waals surface area contributed by atoms with E-state index in [1.807, 2.05) is 6.07 Å². The maximum atomic E-state index is 13.5. The number of fused-ring (bicyclic) bond motifs is 1. The second-order valence-electron chi connectivity index (χ2n) is 7.46. The molecular formula is C23H24FN3O. The smallest absolute Gasteiger partial charge is 0.223 e. The minimum Gasteiger partial charge on any atom is -0.371 e. The lowest BCUT2D eigenvalue weighted by atomic mass is 9.95. The number of benzene rings is 2. The van der Waals surface area contributed by atoms with Crippen molar-refractivity contribution in [3.63, 3.8) is 0 Å². The van der Waals surface area contributed by atoms with Crippen LogP contribution >= 0.6 is 0 Å². The third-order valence-corrected chi connectivity index (χ3v) is 5.48. The second-order valence-corrected chi connectivity index (χ2v) is 7.46. The van der Waals surface area contributed by atoms with Gasteiger partial charge in [0.1, 0.15) is 5.82 Å². The number of piperidine rings is 1. The number of carbonyl (C=O) groups is 1. The van der Waals surface area contributed by atoms with Gasteiger partial charge in [-0.2, -0.15) is 0 Å². The molecule has 1 fully saturated rings. The number of halogens is 1. The van der Waals surface area contributed by atoms with Gasteiger partial charge in [-0.25, -0.2) is 4.39 Å². The third kappa shape index (κ3) is 3.98. The number of hydrogen-bond donors (Lipinski definition) is 1. The van der Waals surface area contributed by atoms with Crippen molar-refractivity contribution in [1.29, 1.82) is 0 Å². The van der Waals surface area contributed by atoms with Crippen LogP contribution in [0.25, 0.3) is 10.9 Å². The fourth-order valence-electron chi connectivity index (χ4n) is 3.80. The number of aromatic nitrogens is 1. The first-order valence-electron chi connectivity index (χ1n) is 9.72. The quantitative estimate of drug-likeness (QED) is 0.741. The van der Waals surface area contributed by atoms with Crippen LogP contribution in [0.4, 0.5) is 10.1 Å². The lowest BCUT2D eigenvalue weighted by molar-refractivity contribution is -0.125. The van der Waals surface area contributed by atoms with Crippen LogP contribution in [-0.4, -0.2) is 24.0 Å². The summed E-state index contributed by atoms with van der Waals surface area (Å²) in [6.07, 6.45) is 3.34. The van der Waals surface area contributed by atoms with Crippen LogP contribution in [0.1, 0.15) is 24.0 Å². The van der Waals surface area contributed by atoms with E-state index in [4.69, 9.17) is 0 Å². The molecule has 3 aromatic rings. The van der Waals surface area contributed by atoms with Crippen LogP contribution in [0.15, 0.2) is 54.7 Å². The Morgan fingerprint density at radius 2 is 1.89 bits per heavy atom. The predicted octanol–water partition coefficient (Wildman–Crippen LogP) is 4.22. The Labute approximate surface area is 164 Å². The maximum absolute atomic E-state index is 13.5. The summed E-state index contributed by atoms with van der Waals surface area (Å²) in [6, 6.07) is 14.9. The van der Waals surface area contributed by atoms with Crippen LogP contribution in [0, 0.1) is 18.7 Å². The van der Waals surface area contributed by atoms with E-state index in [1.54, 1.807) is 12.3 Å². The van der Waals surface area contributed by atoms with Crippen molar-refractivity contribution in [3.8, 4) is 0 Å². The molecule has 0 radical (unpaired) electrons. The number of rotatable bonds is 4. The van der Waals surface area contributed by atoms with Gasteiger partial charge < -0.3 is 10.2 Å². The number of aryl methyl sites for hydroxylation is 1. The highest BCUT2D eigenvalue weighted by Gasteiger charge is 2.25. The molecule has 1 aromatic heterocycles. The fourth-order valence-corrected chi connectivity index (χ4v) is 3.80. The molecule has 2 aromatic carbocycles. The van der Waals surface area contributed by atoms with E-state index in [9.17, 15) is 9.18 Å². The summed E-state index contributed by atoms with van der Waals surface area (Å²) < 4.78 is 13.5. The average molecular weight is 377 g/mol. The largest absolute Gasteiger partial charge is 0.371 e. The zero-order chi connectivity index (χ0) is 19.5. The van der Waals surface area contributed by atoms with Crippen molar-refractivity contribution < 1.29 is 9.18 Å². The molecule has 4 nitrogen and oxygen atoms in total. The summed E-state index contributed by atoms with van der Waals surface area (Å²) in [4.78, 5) is 19.1. The van der Waals surface area contributed by atoms with Gasteiger partial charge in [0.15, 0.2) is 0 Å². The molecule has 0 bridgehead atoms. The van der Waals surface area contributed by atoms with Crippen molar-refractivity contribution in [2.24, 2.45) is 5.92 Å². The van der Waals surface area contributed by atoms with Crippen LogP contribution in [-0.2, 0) is 11.3 Å². The summed E-state index contributed by atoms with van der Waals surface area (Å²) in [5.74, 6) is -0.116. The topological polar surface area (TPSA) is 45.2 Å². The number of nitrogens with one attached hydrogen (secondary N) is 1. The van der Waals surface area contributed by atoms with Crippen molar-refractivity contribution in [2.45, 2.75) is 26.3 Å². The summed E-state index contributed by atoms with van der Waals surface area (Å²) in [5.41, 5.74) is 4.06. The molecule has 1 N–H and O–H groups in total. The van der Waals surface area contributed by atoms with Gasteiger partial charge in [-0.05, 0) is 43.5 Å². The summed E-state index contributed by atoms with van der Waals surface area (Å²) in [5, 5.41) is 4.02. The van der Waals surface area contributed by atoms with Gasteiger partial charge in [-0.1, -0.05) is 29.8 Å². The molecule has 2 heterocycles. The van der Waals surface area contributed by atoms with Gasteiger partial charge in [0.25, 0.3) is 0 Å². The highest BCUT2D eigenvalue weighted by molar-refractivity contribution is 5.91. The first-order valence-corrected chi connectivity index (χ1v) is 9.72. The van der Waals surface area contributed by atoms with E-state index < -0.39 is 0 Å². The molecule has 1 saturated heterocycles. The van der Waals surface area contributed by atoms with Crippen molar-refractivity contribution in [2.75, 3.05) is 18.0 Å². The number of amides is 1. The molecule has 0 saturated carbocycles. The van der Waals surface area contributed by atoms with Gasteiger partial charge in [-0.15, -0.1) is 0 Å². The van der Waals surface area contributed by atoms with Gasteiger partial charge in [0, 0.05) is 48.9 Å². The molecule has 28 heavy (non-hydrogen) atoms. The predicted molar refractivity (Wildman–Crippen MR) is 110 cm³/mol. The average Bonchev–Trinajstić information content (AvgIpc) is 2.72. The van der Waals surface area contributed by atoms with Crippen molar-refractivity contribution in [3.05, 3.63) is 71.7 Å². The molecule has 144 valence electrons. The first-order chi connectivity index (χ1) is 13.6. The summed E-state index contributed by atoms with van der Waals surface area (Å²) in [7, 11) is 0. The number of nitrogens with zero attached hydrogens (tertiary/aromatic N) is 2. The standard InChI is InChI=1S/C23H24FN3O/c1-16-2-4-17(5-3-16)15-26-23(28)18-9-12-27(13-10-18)22-8-11-25-21-14-19(24)6-7-20(21)22/h2-8,11,14,18H,9-10,12-13,15H2,1H3,(H,26,28).